The highest BCUT2D eigenvalue weighted by Gasteiger charge is 2.14. The SMILES string of the molecule is O=C(O)c1c(CCCOc2ccc(-c3ccc(Cl)cc3)cc2)ccc2ccccc12. The first-order chi connectivity index (χ1) is 14.6. The number of carbonyl (C=O) groups is 1. The molecule has 0 fully saturated rings. The molecule has 4 aromatic rings. The lowest BCUT2D eigenvalue weighted by molar-refractivity contribution is 0.0697. The monoisotopic (exact) mass is 416 g/mol. The number of aromatic carboxylic acids is 1. The smallest absolute Gasteiger partial charge is 0.336 e. The van der Waals surface area contributed by atoms with E-state index in [1.807, 2.05) is 84.9 Å². The minimum atomic E-state index is -0.888. The summed E-state index contributed by atoms with van der Waals surface area (Å²) in [6.07, 6.45) is 1.38. The lowest BCUT2D eigenvalue weighted by Crippen LogP contribution is -2.06. The van der Waals surface area contributed by atoms with Crippen LogP contribution in [0.25, 0.3) is 21.9 Å². The molecule has 0 atom stereocenters. The molecule has 30 heavy (non-hydrogen) atoms. The molecule has 150 valence electrons. The van der Waals surface area contributed by atoms with Crippen LogP contribution >= 0.6 is 11.6 Å². The minimum Gasteiger partial charge on any atom is -0.494 e. The molecule has 4 rings (SSSR count). The zero-order valence-corrected chi connectivity index (χ0v) is 17.1. The van der Waals surface area contributed by atoms with Gasteiger partial charge in [-0.1, -0.05) is 72.3 Å². The molecule has 0 heterocycles. The molecule has 0 radical (unpaired) electrons. The van der Waals surface area contributed by atoms with Gasteiger partial charge in [0.1, 0.15) is 5.75 Å². The fourth-order valence-corrected chi connectivity index (χ4v) is 3.74. The third kappa shape index (κ3) is 4.47. The number of hydrogen-bond acceptors (Lipinski definition) is 2. The molecule has 0 saturated heterocycles. The Kier molecular flexibility index (Phi) is 6.01. The van der Waals surface area contributed by atoms with Crippen molar-refractivity contribution in [1.29, 1.82) is 0 Å². The van der Waals surface area contributed by atoms with E-state index in [2.05, 4.69) is 0 Å². The molecule has 0 aliphatic carbocycles. The molecule has 0 aliphatic heterocycles. The number of carboxylic acid groups (broad SMARTS) is 1. The normalized spacial score (nSPS) is 10.8. The third-order valence-corrected chi connectivity index (χ3v) is 5.37. The van der Waals surface area contributed by atoms with Gasteiger partial charge in [-0.05, 0) is 64.6 Å². The van der Waals surface area contributed by atoms with Crippen molar-refractivity contribution in [2.75, 3.05) is 6.61 Å². The van der Waals surface area contributed by atoms with Crippen LogP contribution in [0, 0.1) is 0 Å². The number of benzene rings is 4. The van der Waals surface area contributed by atoms with Gasteiger partial charge >= 0.3 is 5.97 Å². The van der Waals surface area contributed by atoms with Gasteiger partial charge in [0.15, 0.2) is 0 Å². The maximum absolute atomic E-state index is 11.8. The van der Waals surface area contributed by atoms with Crippen molar-refractivity contribution in [2.45, 2.75) is 12.8 Å². The maximum atomic E-state index is 11.8. The first-order valence-electron chi connectivity index (χ1n) is 9.84. The Labute approximate surface area is 180 Å². The zero-order chi connectivity index (χ0) is 20.9. The summed E-state index contributed by atoms with van der Waals surface area (Å²) in [5.74, 6) is -0.0924. The molecule has 4 heteroatoms. The highest BCUT2D eigenvalue weighted by atomic mass is 35.5. The second-order valence-corrected chi connectivity index (χ2v) is 7.55. The van der Waals surface area contributed by atoms with Gasteiger partial charge < -0.3 is 9.84 Å². The predicted molar refractivity (Wildman–Crippen MR) is 122 cm³/mol. The van der Waals surface area contributed by atoms with Crippen molar-refractivity contribution in [1.82, 2.24) is 0 Å². The van der Waals surface area contributed by atoms with Crippen molar-refractivity contribution in [3.05, 3.63) is 101 Å². The number of halogens is 1. The van der Waals surface area contributed by atoms with E-state index in [1.165, 1.54) is 0 Å². The molecule has 0 amide bonds. The lowest BCUT2D eigenvalue weighted by atomic mass is 9.96. The second kappa shape index (κ2) is 9.02. The van der Waals surface area contributed by atoms with Crippen molar-refractivity contribution >= 4 is 28.3 Å². The van der Waals surface area contributed by atoms with E-state index in [4.69, 9.17) is 16.3 Å². The Morgan fingerprint density at radius 3 is 2.20 bits per heavy atom. The standard InChI is InChI=1S/C26H21ClO3/c27-22-13-9-18(10-14-22)19-11-15-23(16-12-19)30-17-3-5-21-8-7-20-4-1-2-6-24(20)25(21)26(28)29/h1-2,4,6-16H,3,5,17H2,(H,28,29). The van der Waals surface area contributed by atoms with Gasteiger partial charge in [0, 0.05) is 5.02 Å². The summed E-state index contributed by atoms with van der Waals surface area (Å²) in [5, 5.41) is 12.1. The summed E-state index contributed by atoms with van der Waals surface area (Å²) in [7, 11) is 0. The van der Waals surface area contributed by atoms with Crippen LogP contribution in [0.5, 0.6) is 5.75 Å². The van der Waals surface area contributed by atoms with Gasteiger partial charge in [-0.3, -0.25) is 0 Å². The van der Waals surface area contributed by atoms with E-state index in [1.54, 1.807) is 0 Å². The molecule has 0 saturated carbocycles. The van der Waals surface area contributed by atoms with Crippen molar-refractivity contribution in [3.8, 4) is 16.9 Å². The van der Waals surface area contributed by atoms with Gasteiger partial charge in [-0.15, -0.1) is 0 Å². The van der Waals surface area contributed by atoms with Crippen molar-refractivity contribution < 1.29 is 14.6 Å². The average Bonchev–Trinajstić information content (AvgIpc) is 2.77. The van der Waals surface area contributed by atoms with Crippen LogP contribution in [-0.2, 0) is 6.42 Å². The van der Waals surface area contributed by atoms with E-state index >= 15 is 0 Å². The summed E-state index contributed by atoms with van der Waals surface area (Å²) < 4.78 is 5.86. The largest absolute Gasteiger partial charge is 0.494 e. The quantitative estimate of drug-likeness (QED) is 0.334. The van der Waals surface area contributed by atoms with E-state index in [0.717, 1.165) is 44.7 Å². The number of rotatable bonds is 7. The molecule has 1 N–H and O–H groups in total. The highest BCUT2D eigenvalue weighted by Crippen LogP contribution is 2.25. The van der Waals surface area contributed by atoms with Gasteiger partial charge in [-0.2, -0.15) is 0 Å². The minimum absolute atomic E-state index is 0.389. The highest BCUT2D eigenvalue weighted by molar-refractivity contribution is 6.30. The summed E-state index contributed by atoms with van der Waals surface area (Å²) in [5.41, 5.74) is 3.42. The summed E-state index contributed by atoms with van der Waals surface area (Å²) >= 11 is 5.94. The number of ether oxygens (including phenoxy) is 1. The summed E-state index contributed by atoms with van der Waals surface area (Å²) in [6.45, 7) is 0.520. The molecule has 0 spiro atoms. The molecular formula is C26H21ClO3. The molecule has 0 bridgehead atoms. The lowest BCUT2D eigenvalue weighted by Gasteiger charge is -2.11. The van der Waals surface area contributed by atoms with Crippen LogP contribution in [0.15, 0.2) is 84.9 Å². The van der Waals surface area contributed by atoms with Gasteiger partial charge in [-0.25, -0.2) is 4.79 Å². The average molecular weight is 417 g/mol. The fourth-order valence-electron chi connectivity index (χ4n) is 3.62. The van der Waals surface area contributed by atoms with Crippen LogP contribution in [0.3, 0.4) is 0 Å². The molecule has 3 nitrogen and oxygen atoms in total. The van der Waals surface area contributed by atoms with Crippen LogP contribution in [0.1, 0.15) is 22.3 Å². The van der Waals surface area contributed by atoms with Gasteiger partial charge in [0.2, 0.25) is 0 Å². The number of aryl methyl sites for hydroxylation is 1. The van der Waals surface area contributed by atoms with Gasteiger partial charge in [0.25, 0.3) is 0 Å². The van der Waals surface area contributed by atoms with Crippen LogP contribution in [0.4, 0.5) is 0 Å². The Morgan fingerprint density at radius 2 is 1.50 bits per heavy atom. The maximum Gasteiger partial charge on any atom is 0.336 e. The van der Waals surface area contributed by atoms with Crippen molar-refractivity contribution in [3.63, 3.8) is 0 Å². The number of fused-ring (bicyclic) bond motifs is 1. The first-order valence-corrected chi connectivity index (χ1v) is 10.2. The first kappa shape index (κ1) is 20.0. The second-order valence-electron chi connectivity index (χ2n) is 7.11. The fraction of sp³-hybridized carbons (Fsp3) is 0.115. The number of carboxylic acids is 1. The predicted octanol–water partition coefficient (Wildman–Crippen LogP) is 6.87. The molecule has 4 aromatic carbocycles. The van der Waals surface area contributed by atoms with Crippen LogP contribution in [0.2, 0.25) is 5.02 Å². The van der Waals surface area contributed by atoms with E-state index in [-0.39, 0.29) is 0 Å². The molecule has 0 aromatic heterocycles. The van der Waals surface area contributed by atoms with E-state index in [0.29, 0.717) is 18.6 Å². The Hall–Kier alpha value is -3.30. The molecule has 0 aliphatic rings. The van der Waals surface area contributed by atoms with E-state index < -0.39 is 5.97 Å². The Bertz CT molecular complexity index is 1170. The summed E-state index contributed by atoms with van der Waals surface area (Å²) in [4.78, 5) is 11.8. The van der Waals surface area contributed by atoms with E-state index in [9.17, 15) is 9.90 Å². The zero-order valence-electron chi connectivity index (χ0n) is 16.3. The van der Waals surface area contributed by atoms with Gasteiger partial charge in [0.05, 0.1) is 12.2 Å². The molecule has 0 unspecified atom stereocenters. The number of hydrogen-bond donors (Lipinski definition) is 1. The third-order valence-electron chi connectivity index (χ3n) is 5.12. The van der Waals surface area contributed by atoms with Crippen molar-refractivity contribution in [2.24, 2.45) is 0 Å². The Morgan fingerprint density at radius 1 is 0.833 bits per heavy atom. The van der Waals surface area contributed by atoms with Crippen LogP contribution in [-0.4, -0.2) is 17.7 Å². The topological polar surface area (TPSA) is 46.5 Å². The summed E-state index contributed by atoms with van der Waals surface area (Å²) in [6, 6.07) is 27.1. The Balaban J connectivity index is 1.38. The molecular weight excluding hydrogens is 396 g/mol. The van der Waals surface area contributed by atoms with Crippen LogP contribution < -0.4 is 4.74 Å².